The molecule has 2 aromatic carbocycles. The maximum atomic E-state index is 13.0. The van der Waals surface area contributed by atoms with E-state index in [1.54, 1.807) is 14.2 Å². The lowest BCUT2D eigenvalue weighted by molar-refractivity contribution is 0.0948. The van der Waals surface area contributed by atoms with Gasteiger partial charge in [0, 0.05) is 35.0 Å². The molecule has 32 heavy (non-hydrogen) atoms. The molecule has 0 aliphatic heterocycles. The van der Waals surface area contributed by atoms with Crippen LogP contribution >= 0.6 is 0 Å². The third-order valence-corrected chi connectivity index (χ3v) is 5.51. The number of methoxy groups -OCH3 is 2. The first-order valence-electron chi connectivity index (χ1n) is 10.7. The Kier molecular flexibility index (Phi) is 6.56. The number of aromatic nitrogens is 2. The minimum absolute atomic E-state index is 0.165. The molecule has 0 atom stereocenters. The van der Waals surface area contributed by atoms with Crippen molar-refractivity contribution in [3.05, 3.63) is 54.2 Å². The maximum Gasteiger partial charge on any atom is 0.269 e. The minimum Gasteiger partial charge on any atom is -0.497 e. The van der Waals surface area contributed by atoms with E-state index in [1.807, 2.05) is 48.5 Å². The molecule has 4 rings (SSSR count). The molecule has 1 amide bonds. The first-order valence-corrected chi connectivity index (χ1v) is 10.7. The highest BCUT2D eigenvalue weighted by Crippen LogP contribution is 2.38. The first kappa shape index (κ1) is 21.6. The smallest absolute Gasteiger partial charge is 0.269 e. The summed E-state index contributed by atoms with van der Waals surface area (Å²) in [7, 11) is 3.22. The number of benzene rings is 2. The van der Waals surface area contributed by atoms with Crippen LogP contribution in [0.5, 0.6) is 11.5 Å². The van der Waals surface area contributed by atoms with Gasteiger partial charge in [0.25, 0.3) is 5.91 Å². The number of fused-ring (bicyclic) bond motifs is 3. The van der Waals surface area contributed by atoms with Crippen LogP contribution in [0, 0.1) is 0 Å². The second kappa shape index (κ2) is 9.70. The lowest BCUT2D eigenvalue weighted by Crippen LogP contribution is -2.25. The predicted molar refractivity (Wildman–Crippen MR) is 125 cm³/mol. The molecule has 2 heterocycles. The molecule has 3 N–H and O–H groups in total. The van der Waals surface area contributed by atoms with Crippen LogP contribution in [0.2, 0.25) is 0 Å². The number of nitrogens with zero attached hydrogens (tertiary/aromatic N) is 1. The fourth-order valence-electron chi connectivity index (χ4n) is 3.86. The van der Waals surface area contributed by atoms with Gasteiger partial charge in [0.05, 0.1) is 25.4 Å². The molecule has 7 nitrogen and oxygen atoms in total. The highest BCUT2D eigenvalue weighted by atomic mass is 16.5. The molecule has 0 spiro atoms. The second-order valence-electron chi connectivity index (χ2n) is 7.56. The Balaban J connectivity index is 1.84. The van der Waals surface area contributed by atoms with Gasteiger partial charge in [0.15, 0.2) is 0 Å². The molecular weight excluding hydrogens is 406 g/mol. The summed E-state index contributed by atoms with van der Waals surface area (Å²) >= 11 is 0. The van der Waals surface area contributed by atoms with Gasteiger partial charge in [0.1, 0.15) is 17.2 Å². The monoisotopic (exact) mass is 433 g/mol. The summed E-state index contributed by atoms with van der Waals surface area (Å²) < 4.78 is 11.0. The van der Waals surface area contributed by atoms with Crippen molar-refractivity contribution in [3.63, 3.8) is 0 Å². The summed E-state index contributed by atoms with van der Waals surface area (Å²) in [5.74, 6) is 1.08. The number of aliphatic hydroxyl groups is 1. The second-order valence-corrected chi connectivity index (χ2v) is 7.56. The van der Waals surface area contributed by atoms with Gasteiger partial charge in [0.2, 0.25) is 0 Å². The van der Waals surface area contributed by atoms with E-state index in [-0.39, 0.29) is 12.5 Å². The number of carbonyl (C=O) groups is 1. The highest BCUT2D eigenvalue weighted by molar-refractivity contribution is 6.13. The number of nitrogens with one attached hydrogen (secondary N) is 2. The number of aliphatic hydroxyl groups excluding tert-OH is 1. The van der Waals surface area contributed by atoms with Crippen LogP contribution in [-0.2, 0) is 0 Å². The Morgan fingerprint density at radius 2 is 1.88 bits per heavy atom. The van der Waals surface area contributed by atoms with Crippen LogP contribution in [0.3, 0.4) is 0 Å². The normalized spacial score (nSPS) is 11.1. The van der Waals surface area contributed by atoms with E-state index < -0.39 is 0 Å². The zero-order valence-electron chi connectivity index (χ0n) is 18.3. The van der Waals surface area contributed by atoms with Crippen LogP contribution in [0.4, 0.5) is 0 Å². The molecule has 0 bridgehead atoms. The van der Waals surface area contributed by atoms with Gasteiger partial charge < -0.3 is 24.9 Å². The molecule has 4 aromatic rings. The summed E-state index contributed by atoms with van der Waals surface area (Å²) in [4.78, 5) is 21.1. The molecule has 7 heteroatoms. The number of pyridine rings is 1. The Hall–Kier alpha value is -3.58. The summed E-state index contributed by atoms with van der Waals surface area (Å²) in [6.45, 7) is 0.697. The van der Waals surface area contributed by atoms with Gasteiger partial charge in [-0.05, 0) is 49.6 Å². The number of hydrogen-bond donors (Lipinski definition) is 3. The van der Waals surface area contributed by atoms with Crippen molar-refractivity contribution < 1.29 is 19.4 Å². The number of carbonyl (C=O) groups excluding carboxylic acids is 1. The van der Waals surface area contributed by atoms with Gasteiger partial charge >= 0.3 is 0 Å². The average molecular weight is 434 g/mol. The lowest BCUT2D eigenvalue weighted by atomic mass is 10.0. The first-order chi connectivity index (χ1) is 15.7. The molecule has 0 saturated carbocycles. The average Bonchev–Trinajstić information content (AvgIpc) is 3.21. The highest BCUT2D eigenvalue weighted by Gasteiger charge is 2.19. The van der Waals surface area contributed by atoms with Crippen LogP contribution in [0.15, 0.2) is 48.5 Å². The molecule has 0 fully saturated rings. The van der Waals surface area contributed by atoms with Gasteiger partial charge in [-0.3, -0.25) is 4.79 Å². The van der Waals surface area contributed by atoms with E-state index in [0.29, 0.717) is 29.4 Å². The van der Waals surface area contributed by atoms with Crippen LogP contribution < -0.4 is 14.8 Å². The van der Waals surface area contributed by atoms with Crippen molar-refractivity contribution in [2.75, 3.05) is 27.4 Å². The van der Waals surface area contributed by atoms with E-state index in [4.69, 9.17) is 19.6 Å². The van der Waals surface area contributed by atoms with Crippen molar-refractivity contribution in [3.8, 4) is 22.8 Å². The third kappa shape index (κ3) is 4.24. The SMILES string of the molecule is COc1ccc(OC)c(-c2nc(C(=O)NCCCCCO)cc3c2[nH]c2ccccc23)c1. The molecule has 0 aliphatic rings. The van der Waals surface area contributed by atoms with Gasteiger partial charge in [-0.2, -0.15) is 0 Å². The number of aromatic amines is 1. The Morgan fingerprint density at radius 3 is 2.66 bits per heavy atom. The molecule has 166 valence electrons. The molecule has 0 unspecified atom stereocenters. The number of para-hydroxylation sites is 1. The Morgan fingerprint density at radius 1 is 1.03 bits per heavy atom. The summed E-state index contributed by atoms with van der Waals surface area (Å²) in [5, 5.41) is 13.8. The van der Waals surface area contributed by atoms with Crippen molar-refractivity contribution in [1.29, 1.82) is 0 Å². The fraction of sp³-hybridized carbons (Fsp3) is 0.280. The Labute approximate surface area is 186 Å². The molecule has 0 aliphatic carbocycles. The number of unbranched alkanes of at least 4 members (excludes halogenated alkanes) is 2. The van der Waals surface area contributed by atoms with Crippen LogP contribution in [-0.4, -0.2) is 48.4 Å². The molecule has 0 radical (unpaired) electrons. The number of ether oxygens (including phenoxy) is 2. The quantitative estimate of drug-likeness (QED) is 0.342. The number of hydrogen-bond acceptors (Lipinski definition) is 5. The minimum atomic E-state index is -0.232. The van der Waals surface area contributed by atoms with Crippen molar-refractivity contribution in [2.45, 2.75) is 19.3 Å². The fourth-order valence-corrected chi connectivity index (χ4v) is 3.86. The number of H-pyrrole nitrogens is 1. The van der Waals surface area contributed by atoms with Crippen molar-refractivity contribution in [2.24, 2.45) is 0 Å². The molecule has 0 saturated heterocycles. The largest absolute Gasteiger partial charge is 0.497 e. The van der Waals surface area contributed by atoms with Crippen molar-refractivity contribution in [1.82, 2.24) is 15.3 Å². The number of rotatable bonds is 9. The topological polar surface area (TPSA) is 96.5 Å². The molecular formula is C25H27N3O4. The lowest BCUT2D eigenvalue weighted by Gasteiger charge is -2.13. The van der Waals surface area contributed by atoms with Crippen LogP contribution in [0.1, 0.15) is 29.8 Å². The summed E-state index contributed by atoms with van der Waals surface area (Å²) in [6, 6.07) is 15.3. The zero-order chi connectivity index (χ0) is 22.5. The molecule has 2 aromatic heterocycles. The number of amides is 1. The van der Waals surface area contributed by atoms with E-state index in [0.717, 1.165) is 46.6 Å². The van der Waals surface area contributed by atoms with Crippen LogP contribution in [0.25, 0.3) is 33.1 Å². The van der Waals surface area contributed by atoms with Gasteiger partial charge in [-0.15, -0.1) is 0 Å². The van der Waals surface area contributed by atoms with E-state index in [2.05, 4.69) is 10.3 Å². The zero-order valence-corrected chi connectivity index (χ0v) is 18.3. The van der Waals surface area contributed by atoms with E-state index in [1.165, 1.54) is 0 Å². The van der Waals surface area contributed by atoms with Gasteiger partial charge in [-0.1, -0.05) is 18.2 Å². The van der Waals surface area contributed by atoms with E-state index >= 15 is 0 Å². The summed E-state index contributed by atoms with van der Waals surface area (Å²) in [5.41, 5.74) is 3.50. The van der Waals surface area contributed by atoms with Crippen molar-refractivity contribution >= 4 is 27.7 Å². The standard InChI is InChI=1S/C25H27N3O4/c1-31-16-10-11-22(32-2)19(14-16)24-23-18(17-8-4-5-9-20(17)27-23)15-21(28-24)25(30)26-12-6-3-7-13-29/h4-5,8-11,14-15,27,29H,3,6-7,12-13H2,1-2H3,(H,26,30). The predicted octanol–water partition coefficient (Wildman–Crippen LogP) is 4.29. The third-order valence-electron chi connectivity index (χ3n) is 5.51. The maximum absolute atomic E-state index is 13.0. The Bertz CT molecular complexity index is 1250. The van der Waals surface area contributed by atoms with E-state index in [9.17, 15) is 4.79 Å². The summed E-state index contributed by atoms with van der Waals surface area (Å²) in [6.07, 6.45) is 2.39. The van der Waals surface area contributed by atoms with Gasteiger partial charge in [-0.25, -0.2) is 4.98 Å².